The summed E-state index contributed by atoms with van der Waals surface area (Å²) < 4.78 is 121. The number of rotatable bonds is 3. The molecular weight excluding hydrogens is 435 g/mol. The molecule has 13 heteroatoms. The Labute approximate surface area is 159 Å². The van der Waals surface area contributed by atoms with Gasteiger partial charge in [-0.1, -0.05) is 0 Å². The first kappa shape index (κ1) is 21.2. The number of benzene rings is 2. The van der Waals surface area contributed by atoms with Crippen molar-refractivity contribution in [3.05, 3.63) is 85.6 Å². The van der Waals surface area contributed by atoms with Gasteiger partial charge in [-0.25, -0.2) is 44.2 Å². The second kappa shape index (κ2) is 7.07. The smallest absolute Gasteiger partial charge is 0.282 e. The van der Waals surface area contributed by atoms with Crippen molar-refractivity contribution in [1.29, 1.82) is 0 Å². The lowest BCUT2D eigenvalue weighted by molar-refractivity contribution is 0.103. The summed E-state index contributed by atoms with van der Waals surface area (Å²) in [7, 11) is 0. The molecule has 30 heavy (non-hydrogen) atoms. The van der Waals surface area contributed by atoms with Crippen molar-refractivity contribution in [1.82, 2.24) is 9.78 Å². The number of hydrogen-bond acceptors (Lipinski definition) is 2. The second-order valence-corrected chi connectivity index (χ2v) is 5.85. The van der Waals surface area contributed by atoms with E-state index in [1.54, 1.807) is 0 Å². The molecule has 0 fully saturated rings. The van der Waals surface area contributed by atoms with Crippen LogP contribution in [0.3, 0.4) is 0 Å². The van der Waals surface area contributed by atoms with E-state index >= 15 is 0 Å². The minimum Gasteiger partial charge on any atom is -0.294 e. The lowest BCUT2D eigenvalue weighted by Gasteiger charge is -2.08. The summed E-state index contributed by atoms with van der Waals surface area (Å²) in [6.07, 6.45) is 0. The van der Waals surface area contributed by atoms with E-state index in [1.165, 1.54) is 0 Å². The molecule has 1 heterocycles. The Morgan fingerprint density at radius 1 is 0.767 bits per heavy atom. The fraction of sp³-hybridized carbons (Fsp3) is 0.0588. The molecule has 0 aliphatic rings. The summed E-state index contributed by atoms with van der Waals surface area (Å²) in [4.78, 5) is 24.8. The predicted octanol–water partition coefficient (Wildman–Crippen LogP) is 3.96. The predicted molar refractivity (Wildman–Crippen MR) is 80.6 cm³/mol. The molecule has 4 nitrogen and oxygen atoms in total. The first-order chi connectivity index (χ1) is 13.9. The number of H-pyrrole nitrogens is 1. The van der Waals surface area contributed by atoms with E-state index in [2.05, 4.69) is 0 Å². The third-order valence-corrected chi connectivity index (χ3v) is 4.06. The van der Waals surface area contributed by atoms with E-state index in [9.17, 15) is 49.1 Å². The molecule has 3 aromatic rings. The van der Waals surface area contributed by atoms with Gasteiger partial charge in [-0.3, -0.25) is 14.7 Å². The zero-order valence-electron chi connectivity index (χ0n) is 14.2. The zero-order valence-corrected chi connectivity index (χ0v) is 14.2. The maximum atomic E-state index is 14.0. The van der Waals surface area contributed by atoms with Gasteiger partial charge in [-0.15, -0.1) is 0 Å². The van der Waals surface area contributed by atoms with Crippen LogP contribution in [0.25, 0.3) is 5.69 Å². The number of carbonyl (C=O) groups is 1. The molecule has 0 saturated heterocycles. The van der Waals surface area contributed by atoms with E-state index in [0.29, 0.717) is 0 Å². The number of nitrogens with zero attached hydrogens (tertiary/aromatic N) is 1. The van der Waals surface area contributed by atoms with Gasteiger partial charge in [0.2, 0.25) is 11.6 Å². The molecule has 3 rings (SSSR count). The van der Waals surface area contributed by atoms with Crippen molar-refractivity contribution in [2.75, 3.05) is 0 Å². The summed E-state index contributed by atoms with van der Waals surface area (Å²) in [5, 5.41) is 1.86. The SMILES string of the molecule is Cc1[nH]n(-c2c(F)c(F)c(F)c(F)c2F)c(=O)c1C(=O)c1cc(F)c(F)c(F)c1F. The van der Waals surface area contributed by atoms with Gasteiger partial charge in [0.05, 0.1) is 5.56 Å². The minimum absolute atomic E-state index is 0.0648. The molecule has 1 N–H and O–H groups in total. The monoisotopic (exact) mass is 440 g/mol. The fourth-order valence-electron chi connectivity index (χ4n) is 2.63. The lowest BCUT2D eigenvalue weighted by atomic mass is 10.0. The van der Waals surface area contributed by atoms with Gasteiger partial charge < -0.3 is 0 Å². The van der Waals surface area contributed by atoms with Crippen LogP contribution in [0.15, 0.2) is 10.9 Å². The Kier molecular flexibility index (Phi) is 5.00. The Bertz CT molecular complexity index is 1260. The molecule has 158 valence electrons. The molecule has 0 saturated carbocycles. The average molecular weight is 440 g/mol. The first-order valence-electron chi connectivity index (χ1n) is 7.61. The molecule has 0 aliphatic heterocycles. The first-order valence-corrected chi connectivity index (χ1v) is 7.61. The summed E-state index contributed by atoms with van der Waals surface area (Å²) in [6, 6.07) is -0.0648. The minimum atomic E-state index is -2.51. The standard InChI is InChI=1S/C17H5F9N2O2/c1-3-6(16(29)4-2-5(18)8(20)9(21)7(4)19)17(30)28(27-3)15-13(25)11(23)10(22)12(24)14(15)26/h2,27H,1H3. The summed E-state index contributed by atoms with van der Waals surface area (Å²) >= 11 is 0. The maximum absolute atomic E-state index is 14.0. The number of halogens is 9. The van der Waals surface area contributed by atoms with Crippen molar-refractivity contribution in [2.24, 2.45) is 0 Å². The quantitative estimate of drug-likeness (QED) is 0.290. The number of hydrogen-bond donors (Lipinski definition) is 1. The molecule has 0 amide bonds. The summed E-state index contributed by atoms with van der Waals surface area (Å²) in [6.45, 7) is 0.908. The Balaban J connectivity index is 2.28. The van der Waals surface area contributed by atoms with Crippen LogP contribution >= 0.6 is 0 Å². The van der Waals surface area contributed by atoms with Gasteiger partial charge >= 0.3 is 0 Å². The molecule has 0 radical (unpaired) electrons. The van der Waals surface area contributed by atoms with E-state index in [-0.39, 0.29) is 10.7 Å². The third-order valence-electron chi connectivity index (χ3n) is 4.06. The van der Waals surface area contributed by atoms with Crippen LogP contribution in [-0.4, -0.2) is 15.6 Å². The molecule has 2 aromatic carbocycles. The van der Waals surface area contributed by atoms with Crippen LogP contribution < -0.4 is 5.56 Å². The van der Waals surface area contributed by atoms with Crippen LogP contribution in [0, 0.1) is 59.3 Å². The summed E-state index contributed by atoms with van der Waals surface area (Å²) in [5.41, 5.74) is -6.70. The van der Waals surface area contributed by atoms with Gasteiger partial charge in [0.15, 0.2) is 46.5 Å². The normalized spacial score (nSPS) is 11.3. The number of aromatic nitrogens is 2. The van der Waals surface area contributed by atoms with Gasteiger partial charge in [0.1, 0.15) is 11.3 Å². The van der Waals surface area contributed by atoms with Crippen LogP contribution in [0.1, 0.15) is 21.6 Å². The topological polar surface area (TPSA) is 54.9 Å². The average Bonchev–Trinajstić information content (AvgIpc) is 2.99. The molecule has 0 atom stereocenters. The molecule has 0 bridgehead atoms. The Morgan fingerprint density at radius 2 is 1.23 bits per heavy atom. The number of carbonyl (C=O) groups excluding carboxylic acids is 1. The second-order valence-electron chi connectivity index (χ2n) is 5.85. The third kappa shape index (κ3) is 2.88. The molecule has 1 aromatic heterocycles. The van der Waals surface area contributed by atoms with E-state index < -0.39 is 86.2 Å². The summed E-state index contributed by atoms with van der Waals surface area (Å²) in [5.74, 6) is -22.7. The van der Waals surface area contributed by atoms with Crippen molar-refractivity contribution in [3.8, 4) is 5.69 Å². The molecular formula is C17H5F9N2O2. The van der Waals surface area contributed by atoms with Crippen molar-refractivity contribution in [3.63, 3.8) is 0 Å². The van der Waals surface area contributed by atoms with Gasteiger partial charge in [0, 0.05) is 5.69 Å². The van der Waals surface area contributed by atoms with Crippen molar-refractivity contribution < 1.29 is 44.3 Å². The number of aryl methyl sites for hydroxylation is 1. The fourth-order valence-corrected chi connectivity index (χ4v) is 2.63. The molecule has 0 spiro atoms. The van der Waals surface area contributed by atoms with Crippen LogP contribution in [0.4, 0.5) is 39.5 Å². The highest BCUT2D eigenvalue weighted by atomic mass is 19.2. The van der Waals surface area contributed by atoms with Crippen molar-refractivity contribution >= 4 is 5.78 Å². The van der Waals surface area contributed by atoms with Crippen LogP contribution in [0.5, 0.6) is 0 Å². The van der Waals surface area contributed by atoms with Crippen LogP contribution in [-0.2, 0) is 0 Å². The Hall–Kier alpha value is -3.51. The van der Waals surface area contributed by atoms with Gasteiger partial charge in [-0.05, 0) is 13.0 Å². The largest absolute Gasteiger partial charge is 0.294 e. The van der Waals surface area contributed by atoms with Crippen LogP contribution in [0.2, 0.25) is 0 Å². The maximum Gasteiger partial charge on any atom is 0.282 e. The Morgan fingerprint density at radius 3 is 1.77 bits per heavy atom. The highest BCUT2D eigenvalue weighted by Gasteiger charge is 2.32. The molecule has 0 unspecified atom stereocenters. The van der Waals surface area contributed by atoms with E-state index in [0.717, 1.165) is 6.92 Å². The van der Waals surface area contributed by atoms with Gasteiger partial charge in [-0.2, -0.15) is 0 Å². The van der Waals surface area contributed by atoms with Gasteiger partial charge in [0.25, 0.3) is 5.56 Å². The van der Waals surface area contributed by atoms with E-state index in [1.807, 2.05) is 5.10 Å². The number of nitrogens with one attached hydrogen (secondary N) is 1. The molecule has 0 aliphatic carbocycles. The highest BCUT2D eigenvalue weighted by molar-refractivity contribution is 6.09. The number of aromatic amines is 1. The zero-order chi connectivity index (χ0) is 22.7. The lowest BCUT2D eigenvalue weighted by Crippen LogP contribution is -2.24. The number of ketones is 1. The highest BCUT2D eigenvalue weighted by Crippen LogP contribution is 2.26. The van der Waals surface area contributed by atoms with E-state index in [4.69, 9.17) is 0 Å². The van der Waals surface area contributed by atoms with Crippen molar-refractivity contribution in [2.45, 2.75) is 6.92 Å².